The fourth-order valence-electron chi connectivity index (χ4n) is 1.24. The highest BCUT2D eigenvalue weighted by Gasteiger charge is 2.26. The van der Waals surface area contributed by atoms with Gasteiger partial charge in [0, 0.05) is 0 Å². The van der Waals surface area contributed by atoms with E-state index in [-0.39, 0.29) is 26.1 Å². The largest absolute Gasteiger partial charge is 0.366 e. The van der Waals surface area contributed by atoms with Crippen LogP contribution >= 0.6 is 7.60 Å². The molecule has 0 spiro atoms. The van der Waals surface area contributed by atoms with Gasteiger partial charge in [-0.05, 0) is 26.8 Å². The van der Waals surface area contributed by atoms with E-state index < -0.39 is 19.7 Å². The number of nitrogens with two attached hydrogens (primary N) is 2. The molecule has 0 aromatic carbocycles. The molecule has 0 aliphatic carbocycles. The molecule has 5 N–H and O–H groups in total. The predicted molar refractivity (Wildman–Crippen MR) is 71.5 cm³/mol. The van der Waals surface area contributed by atoms with Gasteiger partial charge >= 0.3 is 7.60 Å². The Kier molecular flexibility index (Phi) is 10.0. The molecule has 19 heavy (non-hydrogen) atoms. The topological polar surface area (TPSA) is 126 Å². The van der Waals surface area contributed by atoms with Crippen molar-refractivity contribution in [2.24, 2.45) is 11.5 Å². The van der Waals surface area contributed by atoms with Crippen molar-refractivity contribution in [3.05, 3.63) is 0 Å². The number of ether oxygens (including phenoxy) is 1. The van der Waals surface area contributed by atoms with Crippen molar-refractivity contribution in [2.45, 2.75) is 26.5 Å². The zero-order valence-corrected chi connectivity index (χ0v) is 12.4. The summed E-state index contributed by atoms with van der Waals surface area (Å²) in [5, 5.41) is 2.64. The quantitative estimate of drug-likeness (QED) is 0.262. The van der Waals surface area contributed by atoms with Crippen molar-refractivity contribution in [1.82, 2.24) is 5.32 Å². The summed E-state index contributed by atoms with van der Waals surface area (Å²) in [6, 6.07) is 0. The van der Waals surface area contributed by atoms with Crippen LogP contribution in [0.4, 0.5) is 0 Å². The maximum atomic E-state index is 12.1. The van der Waals surface area contributed by atoms with Gasteiger partial charge in [-0.2, -0.15) is 0 Å². The first-order chi connectivity index (χ1) is 8.99. The predicted octanol–water partition coefficient (Wildman–Crippen LogP) is -0.0236. The van der Waals surface area contributed by atoms with E-state index in [0.717, 1.165) is 0 Å². The van der Waals surface area contributed by atoms with Crippen LogP contribution in [0.3, 0.4) is 0 Å². The smallest absolute Gasteiger partial charge is 0.344 e. The number of carbonyl (C=O) groups is 1. The molecule has 114 valence electrons. The Morgan fingerprint density at radius 2 is 1.89 bits per heavy atom. The van der Waals surface area contributed by atoms with Gasteiger partial charge in [-0.25, -0.2) is 0 Å². The van der Waals surface area contributed by atoms with Gasteiger partial charge in [-0.3, -0.25) is 14.7 Å². The molecule has 0 fully saturated rings. The third kappa shape index (κ3) is 8.30. The number of rotatable bonds is 12. The number of hydrogen-bond acceptors (Lipinski definition) is 7. The lowest BCUT2D eigenvalue weighted by Gasteiger charge is -2.21. The van der Waals surface area contributed by atoms with Crippen LogP contribution in [0.2, 0.25) is 0 Å². The molecule has 0 unspecified atom stereocenters. The molecule has 0 bridgehead atoms. The lowest BCUT2D eigenvalue weighted by atomic mass is 10.4. The third-order valence-corrected chi connectivity index (χ3v) is 3.89. The molecule has 1 amide bonds. The van der Waals surface area contributed by atoms with E-state index in [4.69, 9.17) is 25.3 Å². The minimum atomic E-state index is -3.28. The second-order valence-electron chi connectivity index (χ2n) is 3.60. The van der Waals surface area contributed by atoms with Crippen LogP contribution in [0, 0.1) is 0 Å². The molecule has 0 heterocycles. The maximum Gasteiger partial charge on any atom is 0.344 e. The molecule has 9 heteroatoms. The molecule has 0 aliphatic rings. The first-order valence-corrected chi connectivity index (χ1v) is 7.94. The number of hydrogen-bond donors (Lipinski definition) is 3. The molecule has 8 nitrogen and oxygen atoms in total. The van der Waals surface area contributed by atoms with Crippen LogP contribution in [0.1, 0.15) is 20.3 Å². The molecule has 0 saturated carbocycles. The summed E-state index contributed by atoms with van der Waals surface area (Å²) < 4.78 is 27.5. The maximum absolute atomic E-state index is 12.1. The van der Waals surface area contributed by atoms with E-state index in [1.807, 2.05) is 0 Å². The third-order valence-electron chi connectivity index (χ3n) is 2.01. The molecule has 0 radical (unpaired) electrons. The van der Waals surface area contributed by atoms with Gasteiger partial charge < -0.3 is 25.3 Å². The lowest BCUT2D eigenvalue weighted by molar-refractivity contribution is -0.131. The van der Waals surface area contributed by atoms with Gasteiger partial charge in [0.25, 0.3) is 5.91 Å². The molecular weight excluding hydrogens is 273 g/mol. The monoisotopic (exact) mass is 297 g/mol. The van der Waals surface area contributed by atoms with Crippen molar-refractivity contribution < 1.29 is 23.1 Å². The first kappa shape index (κ1) is 18.5. The van der Waals surface area contributed by atoms with Crippen LogP contribution < -0.4 is 16.8 Å². The summed E-state index contributed by atoms with van der Waals surface area (Å²) >= 11 is 0. The second kappa shape index (κ2) is 10.3. The Labute approximate surface area is 113 Å². The van der Waals surface area contributed by atoms with Crippen LogP contribution in [-0.2, 0) is 23.1 Å². The highest BCUT2D eigenvalue weighted by Crippen LogP contribution is 2.46. The van der Waals surface area contributed by atoms with E-state index in [0.29, 0.717) is 13.0 Å². The van der Waals surface area contributed by atoms with Gasteiger partial charge in [0.2, 0.25) is 0 Å². The Morgan fingerprint density at radius 1 is 1.32 bits per heavy atom. The molecule has 0 saturated heterocycles. The summed E-state index contributed by atoms with van der Waals surface area (Å²) in [6.07, 6.45) is -0.592. The lowest BCUT2D eigenvalue weighted by Crippen LogP contribution is -2.44. The Bertz CT molecular complexity index is 293. The van der Waals surface area contributed by atoms with Gasteiger partial charge in [0.1, 0.15) is 6.29 Å². The van der Waals surface area contributed by atoms with E-state index in [1.54, 1.807) is 13.8 Å². The molecule has 0 aromatic rings. The Balaban J connectivity index is 4.33. The van der Waals surface area contributed by atoms with Crippen molar-refractivity contribution in [1.29, 1.82) is 0 Å². The molecule has 0 aliphatic heterocycles. The van der Waals surface area contributed by atoms with E-state index in [2.05, 4.69) is 5.32 Å². The summed E-state index contributed by atoms with van der Waals surface area (Å²) in [4.78, 5) is 11.2. The molecular formula is C10H24N3O5P. The summed E-state index contributed by atoms with van der Waals surface area (Å²) in [5.41, 5.74) is 10.5. The average molecular weight is 297 g/mol. The van der Waals surface area contributed by atoms with E-state index in [1.165, 1.54) is 0 Å². The Morgan fingerprint density at radius 3 is 2.32 bits per heavy atom. The highest BCUT2D eigenvalue weighted by molar-refractivity contribution is 7.53. The highest BCUT2D eigenvalue weighted by atomic mass is 31.2. The summed E-state index contributed by atoms with van der Waals surface area (Å²) in [6.45, 7) is 4.62. The van der Waals surface area contributed by atoms with Gasteiger partial charge in [0.05, 0.1) is 19.8 Å². The summed E-state index contributed by atoms with van der Waals surface area (Å²) in [7, 11) is -3.28. The van der Waals surface area contributed by atoms with Gasteiger partial charge in [-0.1, -0.05) is 0 Å². The van der Waals surface area contributed by atoms with Gasteiger partial charge in [0.15, 0.2) is 6.23 Å². The fourth-order valence-corrected chi connectivity index (χ4v) is 2.68. The minimum Gasteiger partial charge on any atom is -0.366 e. The molecule has 0 aromatic heterocycles. The zero-order chi connectivity index (χ0) is 14.7. The minimum absolute atomic E-state index is 0.148. The Hall–Kier alpha value is -0.500. The van der Waals surface area contributed by atoms with Crippen LogP contribution in [0.15, 0.2) is 0 Å². The zero-order valence-electron chi connectivity index (χ0n) is 11.5. The van der Waals surface area contributed by atoms with E-state index >= 15 is 0 Å². The number of carbonyl (C=O) groups excluding carboxylic acids is 1. The SMILES string of the molecule is CCOP(=O)(CN[C@@H](OCCCN)C(N)=O)OCC. The normalized spacial score (nSPS) is 13.4. The number of primary amides is 1. The second-order valence-corrected chi connectivity index (χ2v) is 5.66. The van der Waals surface area contributed by atoms with Crippen molar-refractivity contribution in [3.8, 4) is 0 Å². The standard InChI is InChI=1S/C10H24N3O5P/c1-3-17-19(15,18-4-2)8-13-10(9(12)14)16-7-5-6-11/h10,13H,3-8,11H2,1-2H3,(H2,12,14)/t10-/m0/s1. The number of nitrogens with one attached hydrogen (secondary N) is 1. The first-order valence-electron chi connectivity index (χ1n) is 6.21. The van der Waals surface area contributed by atoms with E-state index in [9.17, 15) is 9.36 Å². The van der Waals surface area contributed by atoms with Gasteiger partial charge in [-0.15, -0.1) is 0 Å². The average Bonchev–Trinajstić information content (AvgIpc) is 2.33. The van der Waals surface area contributed by atoms with Crippen molar-refractivity contribution >= 4 is 13.5 Å². The summed E-state index contributed by atoms with van der Waals surface area (Å²) in [5.74, 6) is -0.698. The van der Waals surface area contributed by atoms with Crippen LogP contribution in [-0.4, -0.2) is 44.8 Å². The number of amides is 1. The van der Waals surface area contributed by atoms with Crippen molar-refractivity contribution in [3.63, 3.8) is 0 Å². The fraction of sp³-hybridized carbons (Fsp3) is 0.900. The molecule has 1 atom stereocenters. The molecule has 0 rings (SSSR count). The van der Waals surface area contributed by atoms with Crippen LogP contribution in [0.25, 0.3) is 0 Å². The van der Waals surface area contributed by atoms with Crippen molar-refractivity contribution in [2.75, 3.05) is 32.7 Å². The van der Waals surface area contributed by atoms with Crippen LogP contribution in [0.5, 0.6) is 0 Å².